The largest absolute Gasteiger partial charge is 0.0628 e. The zero-order valence-corrected chi connectivity index (χ0v) is 11.3. The molecule has 2 rings (SSSR count). The summed E-state index contributed by atoms with van der Waals surface area (Å²) in [6, 6.07) is 0. The smallest absolute Gasteiger partial charge is 0.0391 e. The summed E-state index contributed by atoms with van der Waals surface area (Å²) in [5, 5.41) is 0. The lowest BCUT2D eigenvalue weighted by Crippen LogP contribution is -2.16. The summed E-state index contributed by atoms with van der Waals surface area (Å²) >= 11 is 0. The minimum absolute atomic E-state index is 0.931. The van der Waals surface area contributed by atoms with E-state index in [1.165, 1.54) is 44.9 Å². The van der Waals surface area contributed by atoms with Crippen LogP contribution in [0.1, 0.15) is 72.6 Å². The van der Waals surface area contributed by atoms with Crippen LogP contribution in [0.5, 0.6) is 0 Å². The van der Waals surface area contributed by atoms with Crippen molar-refractivity contribution < 1.29 is 0 Å². The first-order valence-corrected chi connectivity index (χ1v) is 7.09. The standard InChI is InChI=1S/C8H16.C7H14/c1-7(2)6-8-4-3-5-8;1-6(2)7-4-3-5-7/h7-8H,3-6H2,1-2H3;6-7H,3-5H2,1-2H3. The summed E-state index contributed by atoms with van der Waals surface area (Å²) in [7, 11) is 0. The molecule has 0 nitrogen and oxygen atoms in total. The molecule has 0 radical (unpaired) electrons. The monoisotopic (exact) mass is 210 g/mol. The lowest BCUT2D eigenvalue weighted by atomic mass is 9.78. The minimum Gasteiger partial charge on any atom is -0.0628 e. The SMILES string of the molecule is CC(C)C1CCC1.CC(C)CC1CCC1. The van der Waals surface area contributed by atoms with E-state index in [1.807, 2.05) is 0 Å². The minimum atomic E-state index is 0.931. The highest BCUT2D eigenvalue weighted by Gasteiger charge is 2.19. The van der Waals surface area contributed by atoms with Crippen LogP contribution in [-0.4, -0.2) is 0 Å². The van der Waals surface area contributed by atoms with Crippen LogP contribution in [0.2, 0.25) is 0 Å². The molecule has 0 heterocycles. The van der Waals surface area contributed by atoms with Crippen LogP contribution in [0.25, 0.3) is 0 Å². The fourth-order valence-corrected chi connectivity index (χ4v) is 2.50. The Morgan fingerprint density at radius 1 is 0.867 bits per heavy atom. The summed E-state index contributed by atoms with van der Waals surface area (Å²) in [5.41, 5.74) is 0. The van der Waals surface area contributed by atoms with E-state index in [9.17, 15) is 0 Å². The maximum atomic E-state index is 2.32. The summed E-state index contributed by atoms with van der Waals surface area (Å²) < 4.78 is 0. The Balaban J connectivity index is 0.000000151. The Hall–Kier alpha value is 0. The molecule has 2 fully saturated rings. The number of hydrogen-bond donors (Lipinski definition) is 0. The van der Waals surface area contributed by atoms with Crippen LogP contribution >= 0.6 is 0 Å². The number of hydrogen-bond acceptors (Lipinski definition) is 0. The van der Waals surface area contributed by atoms with Crippen LogP contribution in [0, 0.1) is 23.7 Å². The molecule has 0 aromatic heterocycles. The Bertz CT molecular complexity index is 149. The van der Waals surface area contributed by atoms with Gasteiger partial charge in [0.15, 0.2) is 0 Å². The molecule has 0 spiro atoms. The molecule has 2 aliphatic rings. The van der Waals surface area contributed by atoms with E-state index in [0.717, 1.165) is 23.7 Å². The first kappa shape index (κ1) is 13.1. The van der Waals surface area contributed by atoms with Crippen molar-refractivity contribution in [2.75, 3.05) is 0 Å². The maximum Gasteiger partial charge on any atom is -0.0391 e. The lowest BCUT2D eigenvalue weighted by Gasteiger charge is -2.28. The van der Waals surface area contributed by atoms with Crippen molar-refractivity contribution in [1.82, 2.24) is 0 Å². The third kappa shape index (κ3) is 5.04. The summed E-state index contributed by atoms with van der Waals surface area (Å²) in [4.78, 5) is 0. The molecular formula is C15H30. The molecule has 0 aromatic rings. The zero-order valence-electron chi connectivity index (χ0n) is 11.3. The predicted molar refractivity (Wildman–Crippen MR) is 69.0 cm³/mol. The van der Waals surface area contributed by atoms with Gasteiger partial charge in [-0.1, -0.05) is 66.2 Å². The van der Waals surface area contributed by atoms with Crippen LogP contribution < -0.4 is 0 Å². The van der Waals surface area contributed by atoms with Crippen molar-refractivity contribution in [3.8, 4) is 0 Å². The van der Waals surface area contributed by atoms with Gasteiger partial charge in [-0.2, -0.15) is 0 Å². The second-order valence-corrected chi connectivity index (χ2v) is 6.36. The molecule has 0 bridgehead atoms. The lowest BCUT2D eigenvalue weighted by molar-refractivity contribution is 0.235. The average Bonchev–Trinajstić information content (AvgIpc) is 1.93. The third-order valence-electron chi connectivity index (χ3n) is 4.12. The molecule has 0 aromatic carbocycles. The highest BCUT2D eigenvalue weighted by atomic mass is 14.3. The summed E-state index contributed by atoms with van der Waals surface area (Å²) in [5.74, 6) is 4.07. The molecule has 0 atom stereocenters. The van der Waals surface area contributed by atoms with E-state index in [1.54, 1.807) is 0 Å². The van der Waals surface area contributed by atoms with Gasteiger partial charge in [0.25, 0.3) is 0 Å². The van der Waals surface area contributed by atoms with Gasteiger partial charge in [-0.25, -0.2) is 0 Å². The van der Waals surface area contributed by atoms with Gasteiger partial charge >= 0.3 is 0 Å². The third-order valence-corrected chi connectivity index (χ3v) is 4.12. The molecule has 0 aliphatic heterocycles. The molecule has 0 unspecified atom stereocenters. The van der Waals surface area contributed by atoms with Gasteiger partial charge in [-0.05, 0) is 30.1 Å². The van der Waals surface area contributed by atoms with Crippen LogP contribution in [-0.2, 0) is 0 Å². The Morgan fingerprint density at radius 3 is 1.47 bits per heavy atom. The quantitative estimate of drug-likeness (QED) is 0.595. The van der Waals surface area contributed by atoms with E-state index in [0.29, 0.717) is 0 Å². The number of rotatable bonds is 3. The maximum absolute atomic E-state index is 2.32. The van der Waals surface area contributed by atoms with Gasteiger partial charge in [-0.15, -0.1) is 0 Å². The second-order valence-electron chi connectivity index (χ2n) is 6.36. The molecule has 0 heteroatoms. The van der Waals surface area contributed by atoms with Crippen molar-refractivity contribution in [2.45, 2.75) is 72.6 Å². The van der Waals surface area contributed by atoms with Gasteiger partial charge in [0.2, 0.25) is 0 Å². The summed E-state index contributed by atoms with van der Waals surface area (Å²) in [6.45, 7) is 9.28. The van der Waals surface area contributed by atoms with E-state index in [-0.39, 0.29) is 0 Å². The van der Waals surface area contributed by atoms with E-state index in [4.69, 9.17) is 0 Å². The molecule has 0 N–H and O–H groups in total. The zero-order chi connectivity index (χ0) is 11.3. The molecule has 15 heavy (non-hydrogen) atoms. The molecule has 0 saturated heterocycles. The molecule has 0 amide bonds. The Kier molecular flexibility index (Phi) is 5.71. The van der Waals surface area contributed by atoms with Gasteiger partial charge in [0.05, 0.1) is 0 Å². The molecule has 90 valence electrons. The fraction of sp³-hybridized carbons (Fsp3) is 1.00. The highest BCUT2D eigenvalue weighted by molar-refractivity contribution is 4.71. The normalized spacial score (nSPS) is 22.0. The van der Waals surface area contributed by atoms with Gasteiger partial charge in [0.1, 0.15) is 0 Å². The average molecular weight is 210 g/mol. The molecule has 2 aliphatic carbocycles. The van der Waals surface area contributed by atoms with Gasteiger partial charge < -0.3 is 0 Å². The topological polar surface area (TPSA) is 0 Å². The Morgan fingerprint density at radius 2 is 1.40 bits per heavy atom. The van der Waals surface area contributed by atoms with Gasteiger partial charge in [0, 0.05) is 0 Å². The highest BCUT2D eigenvalue weighted by Crippen LogP contribution is 2.32. The van der Waals surface area contributed by atoms with E-state index >= 15 is 0 Å². The summed E-state index contributed by atoms with van der Waals surface area (Å²) in [6.07, 6.45) is 10.5. The van der Waals surface area contributed by atoms with E-state index in [2.05, 4.69) is 27.7 Å². The molecule has 2 saturated carbocycles. The first-order chi connectivity index (χ1) is 7.09. The van der Waals surface area contributed by atoms with Crippen LogP contribution in [0.4, 0.5) is 0 Å². The Labute approximate surface area is 96.8 Å². The first-order valence-electron chi connectivity index (χ1n) is 7.09. The van der Waals surface area contributed by atoms with Crippen molar-refractivity contribution in [3.63, 3.8) is 0 Å². The van der Waals surface area contributed by atoms with Crippen LogP contribution in [0.3, 0.4) is 0 Å². The van der Waals surface area contributed by atoms with E-state index < -0.39 is 0 Å². The van der Waals surface area contributed by atoms with Gasteiger partial charge in [-0.3, -0.25) is 0 Å². The predicted octanol–water partition coefficient (Wildman–Crippen LogP) is 5.28. The van der Waals surface area contributed by atoms with Crippen molar-refractivity contribution in [1.29, 1.82) is 0 Å². The van der Waals surface area contributed by atoms with Crippen LogP contribution in [0.15, 0.2) is 0 Å². The second kappa shape index (κ2) is 6.55. The molecular weight excluding hydrogens is 180 g/mol. The van der Waals surface area contributed by atoms with Crippen molar-refractivity contribution >= 4 is 0 Å². The fourth-order valence-electron chi connectivity index (χ4n) is 2.50. The van der Waals surface area contributed by atoms with Crippen molar-refractivity contribution in [2.24, 2.45) is 23.7 Å². The van der Waals surface area contributed by atoms with Crippen molar-refractivity contribution in [3.05, 3.63) is 0 Å².